The largest absolute Gasteiger partial charge is 0.462 e. The van der Waals surface area contributed by atoms with Crippen LogP contribution in [0.15, 0.2) is 34.6 Å². The average Bonchev–Trinajstić information content (AvgIpc) is 2.70. The summed E-state index contributed by atoms with van der Waals surface area (Å²) in [5, 5.41) is 0. The van der Waals surface area contributed by atoms with E-state index in [1.54, 1.807) is 0 Å². The SMILES string of the molecule is CC(C)Oc1nc(Br)cn1COCC1=CC=CCC1. The third-order valence-corrected chi connectivity index (χ3v) is 3.05. The van der Waals surface area contributed by atoms with Crippen molar-refractivity contribution in [3.8, 4) is 6.01 Å². The van der Waals surface area contributed by atoms with Crippen molar-refractivity contribution >= 4 is 15.9 Å². The van der Waals surface area contributed by atoms with Crippen LogP contribution in [0, 0.1) is 0 Å². The molecule has 0 aliphatic heterocycles. The van der Waals surface area contributed by atoms with Crippen LogP contribution in [0.5, 0.6) is 6.01 Å². The average molecular weight is 327 g/mol. The second kappa shape index (κ2) is 6.91. The van der Waals surface area contributed by atoms with Gasteiger partial charge in [0.1, 0.15) is 11.3 Å². The quantitative estimate of drug-likeness (QED) is 0.800. The fraction of sp³-hybridized carbons (Fsp3) is 0.500. The lowest BCUT2D eigenvalue weighted by Crippen LogP contribution is -2.12. The van der Waals surface area contributed by atoms with E-state index in [0.717, 1.165) is 17.4 Å². The molecule has 2 rings (SSSR count). The molecule has 4 nitrogen and oxygen atoms in total. The first-order valence-electron chi connectivity index (χ1n) is 6.47. The molecule has 0 unspecified atom stereocenters. The molecule has 104 valence electrons. The van der Waals surface area contributed by atoms with Gasteiger partial charge in [0.2, 0.25) is 0 Å². The van der Waals surface area contributed by atoms with Gasteiger partial charge >= 0.3 is 0 Å². The molecule has 1 aromatic heterocycles. The summed E-state index contributed by atoms with van der Waals surface area (Å²) < 4.78 is 14.0. The molecule has 0 radical (unpaired) electrons. The molecule has 1 aliphatic carbocycles. The Morgan fingerprint density at radius 2 is 2.32 bits per heavy atom. The molecule has 0 aromatic carbocycles. The highest BCUT2D eigenvalue weighted by Gasteiger charge is 2.09. The van der Waals surface area contributed by atoms with Gasteiger partial charge in [-0.05, 0) is 48.2 Å². The summed E-state index contributed by atoms with van der Waals surface area (Å²) in [6.07, 6.45) is 10.5. The van der Waals surface area contributed by atoms with Crippen molar-refractivity contribution in [1.29, 1.82) is 0 Å². The number of rotatable bonds is 6. The molecule has 0 amide bonds. The van der Waals surface area contributed by atoms with Crippen LogP contribution < -0.4 is 4.74 Å². The molecule has 0 atom stereocenters. The summed E-state index contributed by atoms with van der Waals surface area (Å²) in [4.78, 5) is 4.27. The highest BCUT2D eigenvalue weighted by atomic mass is 79.9. The Hall–Kier alpha value is -1.07. The minimum absolute atomic E-state index is 0.0965. The zero-order valence-corrected chi connectivity index (χ0v) is 12.9. The smallest absolute Gasteiger partial charge is 0.299 e. The van der Waals surface area contributed by atoms with E-state index in [1.165, 1.54) is 5.57 Å². The number of allylic oxidation sites excluding steroid dienone is 3. The first kappa shape index (κ1) is 14.3. The molecule has 0 N–H and O–H groups in total. The van der Waals surface area contributed by atoms with Crippen LogP contribution >= 0.6 is 15.9 Å². The summed E-state index contributed by atoms with van der Waals surface area (Å²) in [5.74, 6) is 0. The van der Waals surface area contributed by atoms with Crippen molar-refractivity contribution < 1.29 is 9.47 Å². The van der Waals surface area contributed by atoms with Gasteiger partial charge in [0.25, 0.3) is 6.01 Å². The van der Waals surface area contributed by atoms with Crippen molar-refractivity contribution in [2.45, 2.75) is 39.5 Å². The molecule has 0 saturated heterocycles. The van der Waals surface area contributed by atoms with Crippen LogP contribution in [-0.4, -0.2) is 22.3 Å². The fourth-order valence-electron chi connectivity index (χ4n) is 1.81. The van der Waals surface area contributed by atoms with E-state index in [1.807, 2.05) is 24.6 Å². The second-order valence-corrected chi connectivity index (χ2v) is 5.56. The Morgan fingerprint density at radius 1 is 1.47 bits per heavy atom. The molecular formula is C14H19BrN2O2. The predicted octanol–water partition coefficient (Wildman–Crippen LogP) is 3.68. The highest BCUT2D eigenvalue weighted by molar-refractivity contribution is 9.10. The molecule has 0 fully saturated rings. The number of aromatic nitrogens is 2. The summed E-state index contributed by atoms with van der Waals surface area (Å²) in [6.45, 7) is 5.06. The summed E-state index contributed by atoms with van der Waals surface area (Å²) in [5.41, 5.74) is 1.33. The van der Waals surface area contributed by atoms with Crippen LogP contribution in [0.2, 0.25) is 0 Å². The standard InChI is InChI=1S/C14H19BrN2O2/c1-11(2)19-14-16-13(15)8-17(14)10-18-9-12-6-4-3-5-7-12/h3-4,6,8,11H,5,7,9-10H2,1-2H3. The number of hydrogen-bond acceptors (Lipinski definition) is 3. The van der Waals surface area contributed by atoms with E-state index in [9.17, 15) is 0 Å². The number of halogens is 1. The topological polar surface area (TPSA) is 36.3 Å². The first-order chi connectivity index (χ1) is 9.15. The summed E-state index contributed by atoms with van der Waals surface area (Å²) in [6, 6.07) is 0.583. The highest BCUT2D eigenvalue weighted by Crippen LogP contribution is 2.18. The molecule has 19 heavy (non-hydrogen) atoms. The van der Waals surface area contributed by atoms with Crippen LogP contribution in [0.4, 0.5) is 0 Å². The molecule has 1 aromatic rings. The number of ether oxygens (including phenoxy) is 2. The van der Waals surface area contributed by atoms with Crippen LogP contribution in [0.3, 0.4) is 0 Å². The van der Waals surface area contributed by atoms with E-state index in [4.69, 9.17) is 9.47 Å². The molecule has 5 heteroatoms. The van der Waals surface area contributed by atoms with E-state index in [0.29, 0.717) is 19.3 Å². The van der Waals surface area contributed by atoms with Crippen molar-refractivity contribution in [2.75, 3.05) is 6.61 Å². The Labute approximate surface area is 122 Å². The van der Waals surface area contributed by atoms with Crippen LogP contribution in [-0.2, 0) is 11.5 Å². The molecule has 0 saturated carbocycles. The normalized spacial score (nSPS) is 14.8. The molecule has 0 bridgehead atoms. The maximum atomic E-state index is 5.71. The number of hydrogen-bond donors (Lipinski definition) is 0. The third kappa shape index (κ3) is 4.51. The van der Waals surface area contributed by atoms with Crippen LogP contribution in [0.25, 0.3) is 0 Å². The monoisotopic (exact) mass is 326 g/mol. The lowest BCUT2D eigenvalue weighted by atomic mass is 10.1. The maximum Gasteiger partial charge on any atom is 0.299 e. The van der Waals surface area contributed by atoms with Gasteiger partial charge in [-0.1, -0.05) is 18.2 Å². The van der Waals surface area contributed by atoms with E-state index in [-0.39, 0.29) is 6.10 Å². The zero-order valence-electron chi connectivity index (χ0n) is 11.3. The summed E-state index contributed by atoms with van der Waals surface area (Å²) in [7, 11) is 0. The van der Waals surface area contributed by atoms with Gasteiger partial charge in [-0.2, -0.15) is 4.98 Å². The summed E-state index contributed by atoms with van der Waals surface area (Å²) >= 11 is 3.35. The lowest BCUT2D eigenvalue weighted by molar-refractivity contribution is 0.0807. The van der Waals surface area contributed by atoms with Crippen molar-refractivity contribution in [1.82, 2.24) is 9.55 Å². The Morgan fingerprint density at radius 3 is 3.00 bits per heavy atom. The Kier molecular flexibility index (Phi) is 5.22. The first-order valence-corrected chi connectivity index (χ1v) is 7.26. The minimum atomic E-state index is 0.0965. The number of nitrogens with zero attached hydrogens (tertiary/aromatic N) is 2. The van der Waals surface area contributed by atoms with E-state index in [2.05, 4.69) is 39.1 Å². The lowest BCUT2D eigenvalue weighted by Gasteiger charge is -2.13. The van der Waals surface area contributed by atoms with Gasteiger partial charge in [-0.3, -0.25) is 4.57 Å². The molecule has 1 aliphatic rings. The van der Waals surface area contributed by atoms with Crippen molar-refractivity contribution in [2.24, 2.45) is 0 Å². The van der Waals surface area contributed by atoms with E-state index < -0.39 is 0 Å². The molecule has 1 heterocycles. The Bertz CT molecular complexity index is 478. The fourth-order valence-corrected chi connectivity index (χ4v) is 2.21. The van der Waals surface area contributed by atoms with Gasteiger partial charge < -0.3 is 9.47 Å². The van der Waals surface area contributed by atoms with Gasteiger partial charge in [0, 0.05) is 6.20 Å². The molecular weight excluding hydrogens is 308 g/mol. The third-order valence-electron chi connectivity index (χ3n) is 2.67. The van der Waals surface area contributed by atoms with Gasteiger partial charge in [0.15, 0.2) is 0 Å². The van der Waals surface area contributed by atoms with Crippen molar-refractivity contribution in [3.63, 3.8) is 0 Å². The zero-order chi connectivity index (χ0) is 13.7. The Balaban J connectivity index is 1.88. The second-order valence-electron chi connectivity index (χ2n) is 4.75. The van der Waals surface area contributed by atoms with Gasteiger partial charge in [-0.15, -0.1) is 0 Å². The van der Waals surface area contributed by atoms with E-state index >= 15 is 0 Å². The predicted molar refractivity (Wildman–Crippen MR) is 78.1 cm³/mol. The van der Waals surface area contributed by atoms with Gasteiger partial charge in [0.05, 0.1) is 12.7 Å². The van der Waals surface area contributed by atoms with Gasteiger partial charge in [-0.25, -0.2) is 0 Å². The maximum absolute atomic E-state index is 5.71. The van der Waals surface area contributed by atoms with Crippen LogP contribution in [0.1, 0.15) is 26.7 Å². The minimum Gasteiger partial charge on any atom is -0.462 e. The number of imidazole rings is 1. The molecule has 0 spiro atoms. The van der Waals surface area contributed by atoms with Crippen molar-refractivity contribution in [3.05, 3.63) is 34.6 Å².